The molecule has 1 aliphatic heterocycles. The predicted octanol–water partition coefficient (Wildman–Crippen LogP) is 3.63. The van der Waals surface area contributed by atoms with Crippen molar-refractivity contribution in [3.63, 3.8) is 0 Å². The molecule has 0 bridgehead atoms. The lowest BCUT2D eigenvalue weighted by Crippen LogP contribution is -2.34. The van der Waals surface area contributed by atoms with E-state index in [-0.39, 0.29) is 11.3 Å². The highest BCUT2D eigenvalue weighted by molar-refractivity contribution is 7.09. The number of carbonyl (C=O) groups excluding carboxylic acids is 2. The van der Waals surface area contributed by atoms with Gasteiger partial charge in [0.2, 0.25) is 0 Å². The van der Waals surface area contributed by atoms with Crippen LogP contribution in [0.1, 0.15) is 15.2 Å². The number of ether oxygens (including phenoxy) is 3. The maximum Gasteiger partial charge on any atom is 0.340 e. The number of thiophene rings is 1. The number of nitrogen functional groups attached to an aromatic ring is 1. The maximum absolute atomic E-state index is 13.2. The monoisotopic (exact) mass is 442 g/mol. The van der Waals surface area contributed by atoms with E-state index in [1.165, 1.54) is 22.3 Å². The number of carbonyl (C=O) groups is 2. The third-order valence-electron chi connectivity index (χ3n) is 4.59. The molecule has 0 unspecified atom stereocenters. The molecule has 1 aliphatic rings. The maximum atomic E-state index is 13.2. The third-order valence-corrected chi connectivity index (χ3v) is 5.45. The lowest BCUT2D eigenvalue weighted by Gasteiger charge is -2.25. The average molecular weight is 442 g/mol. The molecule has 1 aromatic heterocycles. The normalized spacial score (nSPS) is 12.3. The topological polar surface area (TPSA) is 91.1 Å². The van der Waals surface area contributed by atoms with E-state index in [0.29, 0.717) is 36.9 Å². The number of amides is 1. The fraction of sp³-hybridized carbons (Fsp3) is 0.182. The molecule has 4 rings (SSSR count). The summed E-state index contributed by atoms with van der Waals surface area (Å²) >= 11 is 1.51. The Hall–Kier alpha value is -3.59. The van der Waals surface area contributed by atoms with Gasteiger partial charge in [0.05, 0.1) is 12.1 Å². The van der Waals surface area contributed by atoms with Gasteiger partial charge in [-0.3, -0.25) is 4.79 Å². The van der Waals surface area contributed by atoms with Crippen molar-refractivity contribution < 1.29 is 28.2 Å². The lowest BCUT2D eigenvalue weighted by atomic mass is 10.2. The molecule has 31 heavy (non-hydrogen) atoms. The van der Waals surface area contributed by atoms with Gasteiger partial charge in [0.1, 0.15) is 19.0 Å². The number of halogens is 1. The first-order valence-corrected chi connectivity index (χ1v) is 10.3. The Morgan fingerprint density at radius 1 is 1.10 bits per heavy atom. The molecule has 0 atom stereocenters. The van der Waals surface area contributed by atoms with Crippen LogP contribution in [0, 0.1) is 5.82 Å². The Bertz CT molecular complexity index is 1100. The minimum Gasteiger partial charge on any atom is -0.486 e. The van der Waals surface area contributed by atoms with Gasteiger partial charge in [0.15, 0.2) is 18.1 Å². The van der Waals surface area contributed by atoms with Crippen molar-refractivity contribution in [1.82, 2.24) is 0 Å². The number of anilines is 2. The van der Waals surface area contributed by atoms with Crippen molar-refractivity contribution in [3.05, 3.63) is 70.2 Å². The number of nitrogens with zero attached hydrogens (tertiary/aromatic N) is 1. The summed E-state index contributed by atoms with van der Waals surface area (Å²) in [4.78, 5) is 27.8. The van der Waals surface area contributed by atoms with Crippen LogP contribution in [-0.2, 0) is 16.1 Å². The van der Waals surface area contributed by atoms with Crippen LogP contribution in [0.3, 0.4) is 0 Å². The van der Waals surface area contributed by atoms with E-state index >= 15 is 0 Å². The molecule has 0 saturated heterocycles. The molecular weight excluding hydrogens is 423 g/mol. The molecule has 2 heterocycles. The summed E-state index contributed by atoms with van der Waals surface area (Å²) in [7, 11) is 0. The first kappa shape index (κ1) is 20.7. The van der Waals surface area contributed by atoms with Gasteiger partial charge in [-0.15, -0.1) is 11.3 Å². The molecule has 0 aliphatic carbocycles. The van der Waals surface area contributed by atoms with Crippen LogP contribution in [0.5, 0.6) is 11.5 Å². The molecule has 1 amide bonds. The zero-order valence-corrected chi connectivity index (χ0v) is 17.2. The van der Waals surface area contributed by atoms with Crippen LogP contribution >= 0.6 is 11.3 Å². The van der Waals surface area contributed by atoms with Gasteiger partial charge in [-0.1, -0.05) is 6.07 Å². The van der Waals surface area contributed by atoms with Crippen LogP contribution in [0.2, 0.25) is 0 Å². The van der Waals surface area contributed by atoms with Gasteiger partial charge in [0.25, 0.3) is 5.91 Å². The minimum atomic E-state index is -0.802. The fourth-order valence-corrected chi connectivity index (χ4v) is 3.78. The molecule has 160 valence electrons. The number of rotatable bonds is 6. The number of nitrogens with two attached hydrogens (primary N) is 1. The van der Waals surface area contributed by atoms with Crippen LogP contribution in [0.4, 0.5) is 15.8 Å². The minimum absolute atomic E-state index is 0.00154. The highest BCUT2D eigenvalue weighted by Gasteiger charge is 2.22. The van der Waals surface area contributed by atoms with Gasteiger partial charge < -0.3 is 24.8 Å². The molecule has 0 fully saturated rings. The zero-order valence-electron chi connectivity index (χ0n) is 16.4. The second-order valence-electron chi connectivity index (χ2n) is 6.69. The van der Waals surface area contributed by atoms with Crippen molar-refractivity contribution in [2.45, 2.75) is 6.54 Å². The smallest absolute Gasteiger partial charge is 0.340 e. The number of hydrogen-bond donors (Lipinski definition) is 1. The van der Waals surface area contributed by atoms with Gasteiger partial charge in [-0.05, 0) is 41.8 Å². The Balaban J connectivity index is 1.52. The van der Waals surface area contributed by atoms with Gasteiger partial charge in [-0.25, -0.2) is 9.18 Å². The van der Waals surface area contributed by atoms with Crippen molar-refractivity contribution in [3.8, 4) is 11.5 Å². The second-order valence-corrected chi connectivity index (χ2v) is 7.73. The third kappa shape index (κ3) is 4.77. The van der Waals surface area contributed by atoms with Crippen LogP contribution in [-0.4, -0.2) is 31.7 Å². The Kier molecular flexibility index (Phi) is 6.03. The van der Waals surface area contributed by atoms with E-state index in [0.717, 1.165) is 17.0 Å². The van der Waals surface area contributed by atoms with Gasteiger partial charge in [0, 0.05) is 22.3 Å². The molecule has 9 heteroatoms. The number of hydrogen-bond acceptors (Lipinski definition) is 7. The van der Waals surface area contributed by atoms with Gasteiger partial charge >= 0.3 is 5.97 Å². The summed E-state index contributed by atoms with van der Waals surface area (Å²) in [6, 6.07) is 12.4. The Morgan fingerprint density at radius 3 is 2.65 bits per heavy atom. The first-order chi connectivity index (χ1) is 15.0. The quantitative estimate of drug-likeness (QED) is 0.463. The van der Waals surface area contributed by atoms with E-state index in [2.05, 4.69) is 0 Å². The highest BCUT2D eigenvalue weighted by Crippen LogP contribution is 2.34. The first-order valence-electron chi connectivity index (χ1n) is 9.46. The van der Waals surface area contributed by atoms with E-state index in [1.54, 1.807) is 18.2 Å². The summed E-state index contributed by atoms with van der Waals surface area (Å²) in [6.07, 6.45) is 0. The molecule has 3 aromatic rings. The van der Waals surface area contributed by atoms with Crippen molar-refractivity contribution in [2.24, 2.45) is 0 Å². The SMILES string of the molecule is Nc1cc(F)ccc1C(=O)OCC(=O)N(Cc1cccs1)c1ccc2c(c1)OCCO2. The average Bonchev–Trinajstić information content (AvgIpc) is 3.28. The standard InChI is InChI=1S/C22H19FN2O5S/c23-14-3-5-17(18(24)10-14)22(27)30-13-21(26)25(12-16-2-1-9-31-16)15-4-6-19-20(11-15)29-8-7-28-19/h1-6,9-11H,7-8,12-13,24H2. The van der Waals surface area contributed by atoms with Crippen LogP contribution < -0.4 is 20.1 Å². The van der Waals surface area contributed by atoms with Crippen molar-refractivity contribution >= 4 is 34.6 Å². The lowest BCUT2D eigenvalue weighted by molar-refractivity contribution is -0.121. The number of benzene rings is 2. The Morgan fingerprint density at radius 2 is 1.90 bits per heavy atom. The van der Waals surface area contributed by atoms with Gasteiger partial charge in [-0.2, -0.15) is 0 Å². The summed E-state index contributed by atoms with van der Waals surface area (Å²) in [5.41, 5.74) is 6.20. The highest BCUT2D eigenvalue weighted by atomic mass is 32.1. The Labute approximate surface area is 181 Å². The summed E-state index contributed by atoms with van der Waals surface area (Å²) in [6.45, 7) is 0.681. The summed E-state index contributed by atoms with van der Waals surface area (Å²) < 4.78 is 29.5. The molecule has 0 spiro atoms. The second kappa shape index (κ2) is 9.05. The van der Waals surface area contributed by atoms with E-state index < -0.39 is 24.3 Å². The molecule has 0 saturated carbocycles. The number of esters is 1. The largest absolute Gasteiger partial charge is 0.486 e. The van der Waals surface area contributed by atoms with Crippen molar-refractivity contribution in [2.75, 3.05) is 30.5 Å². The van der Waals surface area contributed by atoms with Crippen molar-refractivity contribution in [1.29, 1.82) is 0 Å². The number of fused-ring (bicyclic) bond motifs is 1. The summed E-state index contributed by atoms with van der Waals surface area (Å²) in [5.74, 6) is -0.644. The molecule has 2 aromatic carbocycles. The molecular formula is C22H19FN2O5S. The van der Waals surface area contributed by atoms with Crippen LogP contribution in [0.25, 0.3) is 0 Å². The predicted molar refractivity (Wildman–Crippen MR) is 114 cm³/mol. The van der Waals surface area contributed by atoms with E-state index in [4.69, 9.17) is 19.9 Å². The molecule has 7 nitrogen and oxygen atoms in total. The van der Waals surface area contributed by atoms with E-state index in [9.17, 15) is 14.0 Å². The zero-order chi connectivity index (χ0) is 21.8. The molecule has 2 N–H and O–H groups in total. The fourth-order valence-electron chi connectivity index (χ4n) is 3.08. The summed E-state index contributed by atoms with van der Waals surface area (Å²) in [5, 5.41) is 1.92. The van der Waals surface area contributed by atoms with E-state index in [1.807, 2.05) is 17.5 Å². The van der Waals surface area contributed by atoms with Crippen LogP contribution in [0.15, 0.2) is 53.9 Å². The molecule has 0 radical (unpaired) electrons.